The van der Waals surface area contributed by atoms with Crippen LogP contribution in [-0.4, -0.2) is 46.5 Å². The molecule has 2 atom stereocenters. The molecule has 0 saturated carbocycles. The number of hydrogen-bond acceptors (Lipinski definition) is 6. The van der Waals surface area contributed by atoms with Crippen molar-refractivity contribution in [2.75, 3.05) is 24.8 Å². The number of amides is 1. The summed E-state index contributed by atoms with van der Waals surface area (Å²) in [4.78, 5) is 28.5. The SMILES string of the molecule is O=C1c2c(O)c(=O)ccn2N(C2c3ccccc3-c3sc4ccccc4c3-c3c2ccc(F)c3F)C2COCCN12. The number of aromatic nitrogens is 1. The number of aromatic hydroxyl groups is 1. The molecule has 41 heavy (non-hydrogen) atoms. The number of fused-ring (bicyclic) bond motifs is 9. The quantitative estimate of drug-likeness (QED) is 0.299. The predicted octanol–water partition coefficient (Wildman–Crippen LogP) is 5.23. The van der Waals surface area contributed by atoms with Gasteiger partial charge in [-0.1, -0.05) is 48.5 Å². The minimum atomic E-state index is -0.965. The Hall–Kier alpha value is -4.54. The molecule has 3 aliphatic rings. The molecule has 1 aliphatic carbocycles. The zero-order valence-electron chi connectivity index (χ0n) is 21.4. The van der Waals surface area contributed by atoms with Crippen molar-refractivity contribution in [1.29, 1.82) is 0 Å². The Morgan fingerprint density at radius 1 is 0.927 bits per heavy atom. The fourth-order valence-corrected chi connectivity index (χ4v) is 7.71. The minimum Gasteiger partial charge on any atom is -0.502 e. The Balaban J connectivity index is 1.51. The van der Waals surface area contributed by atoms with E-state index < -0.39 is 40.9 Å². The molecule has 4 heterocycles. The number of thiophene rings is 1. The number of hydrogen-bond donors (Lipinski definition) is 1. The number of nitrogens with zero attached hydrogens (tertiary/aromatic N) is 3. The van der Waals surface area contributed by atoms with Crippen LogP contribution in [0.15, 0.2) is 77.7 Å². The number of carbonyl (C=O) groups excluding carboxylic acids is 1. The summed E-state index contributed by atoms with van der Waals surface area (Å²) in [6, 6.07) is 18.5. The Labute approximate surface area is 236 Å². The lowest BCUT2D eigenvalue weighted by atomic mass is 9.91. The van der Waals surface area contributed by atoms with Gasteiger partial charge in [-0.3, -0.25) is 19.3 Å². The number of morpholine rings is 1. The fourth-order valence-electron chi connectivity index (χ4n) is 6.46. The third kappa shape index (κ3) is 3.25. The van der Waals surface area contributed by atoms with E-state index in [4.69, 9.17) is 4.74 Å². The van der Waals surface area contributed by atoms with Crippen molar-refractivity contribution in [2.24, 2.45) is 0 Å². The van der Waals surface area contributed by atoms with Gasteiger partial charge in [0.2, 0.25) is 5.43 Å². The van der Waals surface area contributed by atoms with Crippen LogP contribution >= 0.6 is 11.3 Å². The van der Waals surface area contributed by atoms with Gasteiger partial charge in [-0.05, 0) is 28.8 Å². The van der Waals surface area contributed by atoms with Crippen molar-refractivity contribution in [1.82, 2.24) is 9.58 Å². The third-order valence-electron chi connectivity index (χ3n) is 8.21. The van der Waals surface area contributed by atoms with Crippen LogP contribution in [0, 0.1) is 11.6 Å². The van der Waals surface area contributed by atoms with E-state index in [0.29, 0.717) is 11.1 Å². The van der Waals surface area contributed by atoms with Crippen LogP contribution in [0.5, 0.6) is 5.75 Å². The molecular weight excluding hydrogens is 548 g/mol. The third-order valence-corrected chi connectivity index (χ3v) is 9.41. The highest BCUT2D eigenvalue weighted by Gasteiger charge is 2.47. The number of carbonyl (C=O) groups is 1. The van der Waals surface area contributed by atoms with E-state index in [2.05, 4.69) is 0 Å². The lowest BCUT2D eigenvalue weighted by Gasteiger charge is -2.51. The molecule has 2 aromatic heterocycles. The van der Waals surface area contributed by atoms with Crippen molar-refractivity contribution in [3.05, 3.63) is 112 Å². The topological polar surface area (TPSA) is 75.0 Å². The van der Waals surface area contributed by atoms with Crippen LogP contribution in [0.25, 0.3) is 31.7 Å². The van der Waals surface area contributed by atoms with Gasteiger partial charge in [0, 0.05) is 44.9 Å². The van der Waals surface area contributed by atoms with Crippen molar-refractivity contribution >= 4 is 27.3 Å². The summed E-state index contributed by atoms with van der Waals surface area (Å²) < 4.78 is 39.5. The van der Waals surface area contributed by atoms with E-state index in [-0.39, 0.29) is 31.0 Å². The highest BCUT2D eigenvalue weighted by atomic mass is 32.1. The van der Waals surface area contributed by atoms with Gasteiger partial charge < -0.3 is 14.7 Å². The molecule has 8 rings (SSSR count). The first kappa shape index (κ1) is 24.3. The summed E-state index contributed by atoms with van der Waals surface area (Å²) in [6.07, 6.45) is 0.789. The van der Waals surface area contributed by atoms with Crippen LogP contribution in [0.3, 0.4) is 0 Å². The highest BCUT2D eigenvalue weighted by Crippen LogP contribution is 2.54. The van der Waals surface area contributed by atoms with Gasteiger partial charge in [0.1, 0.15) is 6.17 Å². The van der Waals surface area contributed by atoms with Gasteiger partial charge in [0.15, 0.2) is 23.1 Å². The second-order valence-corrected chi connectivity index (χ2v) is 11.3. The molecule has 5 aromatic rings. The molecule has 0 radical (unpaired) electrons. The first-order valence-electron chi connectivity index (χ1n) is 13.2. The monoisotopic (exact) mass is 569 g/mol. The van der Waals surface area contributed by atoms with E-state index in [1.807, 2.05) is 53.5 Å². The summed E-state index contributed by atoms with van der Waals surface area (Å²) in [7, 11) is 0. The maximum absolute atomic E-state index is 16.2. The Bertz CT molecular complexity index is 1990. The summed E-state index contributed by atoms with van der Waals surface area (Å²) in [5, 5.41) is 13.5. The number of ether oxygens (including phenoxy) is 1. The molecule has 1 saturated heterocycles. The standard InChI is InChI=1S/C31H21F2N3O4S/c32-20-10-9-19-24(26(20)33)25-18-7-3-4-8-22(18)41-30(25)17-6-2-1-5-16(17)27(19)36-23-15-40-14-13-34(23)31(39)28-29(38)21(37)11-12-35(28)36/h1-12,23,27,38H,13-15H2. The summed E-state index contributed by atoms with van der Waals surface area (Å²) in [5.74, 6) is -3.09. The van der Waals surface area contributed by atoms with Crippen molar-refractivity contribution in [2.45, 2.75) is 12.2 Å². The van der Waals surface area contributed by atoms with Gasteiger partial charge >= 0.3 is 0 Å². The van der Waals surface area contributed by atoms with Crippen LogP contribution in [0.1, 0.15) is 27.7 Å². The molecule has 2 unspecified atom stereocenters. The first-order chi connectivity index (χ1) is 20.0. The smallest absolute Gasteiger partial charge is 0.278 e. The molecule has 0 bridgehead atoms. The van der Waals surface area contributed by atoms with Crippen molar-refractivity contribution < 1.29 is 23.4 Å². The van der Waals surface area contributed by atoms with E-state index in [9.17, 15) is 14.7 Å². The van der Waals surface area contributed by atoms with Gasteiger partial charge in [-0.25, -0.2) is 8.78 Å². The average Bonchev–Trinajstić information content (AvgIpc) is 3.32. The summed E-state index contributed by atoms with van der Waals surface area (Å²) in [6.45, 7) is 0.662. The normalized spacial score (nSPS) is 19.2. The molecule has 0 spiro atoms. The lowest BCUT2D eigenvalue weighted by molar-refractivity contribution is -0.0196. The summed E-state index contributed by atoms with van der Waals surface area (Å²) in [5.41, 5.74) is 2.03. The van der Waals surface area contributed by atoms with E-state index in [0.717, 1.165) is 32.2 Å². The average molecular weight is 570 g/mol. The predicted molar refractivity (Wildman–Crippen MR) is 151 cm³/mol. The molecular formula is C31H21F2N3O4S. The maximum Gasteiger partial charge on any atom is 0.278 e. The summed E-state index contributed by atoms with van der Waals surface area (Å²) >= 11 is 1.51. The number of benzene rings is 3. The molecule has 10 heteroatoms. The Kier molecular flexibility index (Phi) is 5.17. The van der Waals surface area contributed by atoms with Gasteiger partial charge in [-0.2, -0.15) is 0 Å². The Morgan fingerprint density at radius 3 is 2.61 bits per heavy atom. The lowest BCUT2D eigenvalue weighted by Crippen LogP contribution is -2.66. The fraction of sp³-hybridized carbons (Fsp3) is 0.161. The minimum absolute atomic E-state index is 0.139. The van der Waals surface area contributed by atoms with E-state index in [1.54, 1.807) is 11.0 Å². The van der Waals surface area contributed by atoms with Crippen molar-refractivity contribution in [3.8, 4) is 27.3 Å². The van der Waals surface area contributed by atoms with Crippen LogP contribution < -0.4 is 10.4 Å². The first-order valence-corrected chi connectivity index (χ1v) is 14.0. The van der Waals surface area contributed by atoms with E-state index >= 15 is 8.78 Å². The van der Waals surface area contributed by atoms with Gasteiger partial charge in [0.25, 0.3) is 5.91 Å². The van der Waals surface area contributed by atoms with Gasteiger partial charge in [-0.15, -0.1) is 11.3 Å². The van der Waals surface area contributed by atoms with Crippen LogP contribution in [-0.2, 0) is 4.74 Å². The number of rotatable bonds is 1. The largest absolute Gasteiger partial charge is 0.502 e. The molecule has 1 fully saturated rings. The van der Waals surface area contributed by atoms with Crippen LogP contribution in [0.2, 0.25) is 0 Å². The number of halogens is 2. The second-order valence-electron chi connectivity index (χ2n) is 10.3. The second kappa shape index (κ2) is 8.73. The zero-order chi connectivity index (χ0) is 28.0. The zero-order valence-corrected chi connectivity index (χ0v) is 22.2. The Morgan fingerprint density at radius 2 is 1.73 bits per heavy atom. The molecule has 7 nitrogen and oxygen atoms in total. The molecule has 1 amide bonds. The molecule has 2 aliphatic heterocycles. The molecule has 3 aromatic carbocycles. The highest BCUT2D eigenvalue weighted by molar-refractivity contribution is 7.23. The molecule has 1 N–H and O–H groups in total. The van der Waals surface area contributed by atoms with Gasteiger partial charge in [0.05, 0.1) is 19.3 Å². The van der Waals surface area contributed by atoms with E-state index in [1.165, 1.54) is 28.3 Å². The molecule has 204 valence electrons. The maximum atomic E-state index is 16.2. The van der Waals surface area contributed by atoms with Crippen LogP contribution in [0.4, 0.5) is 8.78 Å². The number of pyridine rings is 1. The van der Waals surface area contributed by atoms with Crippen molar-refractivity contribution in [3.63, 3.8) is 0 Å².